The summed E-state index contributed by atoms with van der Waals surface area (Å²) < 4.78 is 0.479. The highest BCUT2D eigenvalue weighted by molar-refractivity contribution is 7.71. The lowest BCUT2D eigenvalue weighted by atomic mass is 10.5. The molecule has 0 fully saturated rings. The van der Waals surface area contributed by atoms with Crippen molar-refractivity contribution in [2.75, 3.05) is 18.0 Å². The molecule has 0 aliphatic rings. The van der Waals surface area contributed by atoms with E-state index >= 15 is 0 Å². The maximum Gasteiger partial charge on any atom is 0.206 e. The molecule has 66 valence electrons. The maximum atomic E-state index is 4.88. The van der Waals surface area contributed by atoms with Crippen LogP contribution in [0.3, 0.4) is 0 Å². The summed E-state index contributed by atoms with van der Waals surface area (Å²) in [5.41, 5.74) is 0. The summed E-state index contributed by atoms with van der Waals surface area (Å²) in [6.45, 7) is 5.97. The Morgan fingerprint density at radius 3 is 2.58 bits per heavy atom. The predicted octanol–water partition coefficient (Wildman–Crippen LogP) is 1.38. The third-order valence-electron chi connectivity index (χ3n) is 1.64. The molecule has 0 unspecified atom stereocenters. The standard InChI is InChI=1S/C7H12N4S/c1-3-11(4-2)6-8-5-9-7(12)10-6/h5H,3-4H2,1-2H3,(H,8,9,10,12). The predicted molar refractivity (Wildman–Crippen MR) is 50.8 cm³/mol. The van der Waals surface area contributed by atoms with Gasteiger partial charge in [-0.15, -0.1) is 0 Å². The lowest BCUT2D eigenvalue weighted by Crippen LogP contribution is -2.24. The molecular weight excluding hydrogens is 172 g/mol. The van der Waals surface area contributed by atoms with E-state index in [1.165, 1.54) is 6.33 Å². The Bertz CT molecular complexity index is 291. The molecule has 0 atom stereocenters. The van der Waals surface area contributed by atoms with Crippen LogP contribution in [0.25, 0.3) is 0 Å². The van der Waals surface area contributed by atoms with Crippen molar-refractivity contribution in [3.05, 3.63) is 11.1 Å². The number of nitrogens with zero attached hydrogens (tertiary/aromatic N) is 3. The quantitative estimate of drug-likeness (QED) is 0.721. The minimum atomic E-state index is 0.479. The van der Waals surface area contributed by atoms with Crippen LogP contribution in [0.5, 0.6) is 0 Å². The molecule has 1 rings (SSSR count). The zero-order chi connectivity index (χ0) is 8.97. The Balaban J connectivity index is 2.93. The van der Waals surface area contributed by atoms with E-state index in [1.807, 2.05) is 0 Å². The number of anilines is 1. The molecule has 0 amide bonds. The number of hydrogen-bond acceptors (Lipinski definition) is 4. The lowest BCUT2D eigenvalue weighted by molar-refractivity contribution is 0.808. The fourth-order valence-electron chi connectivity index (χ4n) is 0.980. The average Bonchev–Trinajstić information content (AvgIpc) is 2.07. The van der Waals surface area contributed by atoms with Gasteiger partial charge in [0, 0.05) is 13.1 Å². The molecule has 0 aromatic carbocycles. The molecule has 0 saturated heterocycles. The second-order valence-corrected chi connectivity index (χ2v) is 2.69. The Hall–Kier alpha value is -0.970. The van der Waals surface area contributed by atoms with Crippen LogP contribution in [-0.4, -0.2) is 28.0 Å². The fraction of sp³-hybridized carbons (Fsp3) is 0.571. The molecule has 0 spiro atoms. The third kappa shape index (κ3) is 2.01. The monoisotopic (exact) mass is 184 g/mol. The highest BCUT2D eigenvalue weighted by atomic mass is 32.1. The molecule has 0 aliphatic heterocycles. The van der Waals surface area contributed by atoms with Crippen LogP contribution in [0.4, 0.5) is 5.95 Å². The van der Waals surface area contributed by atoms with E-state index in [0.29, 0.717) is 4.77 Å². The first kappa shape index (κ1) is 9.12. The van der Waals surface area contributed by atoms with Gasteiger partial charge in [-0.2, -0.15) is 0 Å². The minimum absolute atomic E-state index is 0.479. The van der Waals surface area contributed by atoms with E-state index in [-0.39, 0.29) is 0 Å². The van der Waals surface area contributed by atoms with Crippen molar-refractivity contribution in [2.24, 2.45) is 0 Å². The second kappa shape index (κ2) is 4.15. The van der Waals surface area contributed by atoms with Crippen molar-refractivity contribution < 1.29 is 0 Å². The van der Waals surface area contributed by atoms with Crippen LogP contribution >= 0.6 is 12.2 Å². The molecule has 0 aliphatic carbocycles. The first-order valence-electron chi connectivity index (χ1n) is 3.94. The molecule has 12 heavy (non-hydrogen) atoms. The van der Waals surface area contributed by atoms with Crippen molar-refractivity contribution in [3.63, 3.8) is 0 Å². The molecule has 1 aromatic rings. The van der Waals surface area contributed by atoms with Crippen LogP contribution in [-0.2, 0) is 0 Å². The Labute approximate surface area is 76.7 Å². The van der Waals surface area contributed by atoms with E-state index < -0.39 is 0 Å². The number of hydrogen-bond donors (Lipinski definition) is 1. The van der Waals surface area contributed by atoms with Gasteiger partial charge in [-0.1, -0.05) is 0 Å². The van der Waals surface area contributed by atoms with Gasteiger partial charge in [0.15, 0.2) is 0 Å². The largest absolute Gasteiger partial charge is 0.343 e. The van der Waals surface area contributed by atoms with Crippen molar-refractivity contribution in [1.82, 2.24) is 15.0 Å². The van der Waals surface area contributed by atoms with E-state index in [4.69, 9.17) is 12.2 Å². The van der Waals surface area contributed by atoms with Gasteiger partial charge >= 0.3 is 0 Å². The molecule has 5 heteroatoms. The smallest absolute Gasteiger partial charge is 0.206 e. The first-order chi connectivity index (χ1) is 5.77. The van der Waals surface area contributed by atoms with Crippen molar-refractivity contribution in [2.45, 2.75) is 13.8 Å². The molecule has 1 aromatic heterocycles. The van der Waals surface area contributed by atoms with Crippen LogP contribution in [0.2, 0.25) is 0 Å². The highest BCUT2D eigenvalue weighted by Crippen LogP contribution is 2.02. The Kier molecular flexibility index (Phi) is 3.16. The summed E-state index contributed by atoms with van der Waals surface area (Å²) in [4.78, 5) is 12.9. The van der Waals surface area contributed by atoms with Crippen molar-refractivity contribution in [1.29, 1.82) is 0 Å². The number of aromatic nitrogens is 3. The lowest BCUT2D eigenvalue weighted by Gasteiger charge is -2.17. The number of rotatable bonds is 3. The summed E-state index contributed by atoms with van der Waals surface area (Å²) in [6, 6.07) is 0. The van der Waals surface area contributed by atoms with E-state index in [1.54, 1.807) is 0 Å². The van der Waals surface area contributed by atoms with Gasteiger partial charge in [0.25, 0.3) is 0 Å². The minimum Gasteiger partial charge on any atom is -0.343 e. The second-order valence-electron chi connectivity index (χ2n) is 2.30. The number of aromatic amines is 1. The fourth-order valence-corrected chi connectivity index (χ4v) is 1.12. The molecule has 4 nitrogen and oxygen atoms in total. The summed E-state index contributed by atoms with van der Waals surface area (Å²) in [5, 5.41) is 0. The summed E-state index contributed by atoms with van der Waals surface area (Å²) >= 11 is 4.88. The van der Waals surface area contributed by atoms with Gasteiger partial charge < -0.3 is 9.88 Å². The van der Waals surface area contributed by atoms with Gasteiger partial charge in [0.05, 0.1) is 0 Å². The van der Waals surface area contributed by atoms with Crippen LogP contribution in [0, 0.1) is 4.77 Å². The Morgan fingerprint density at radius 1 is 1.42 bits per heavy atom. The van der Waals surface area contributed by atoms with Gasteiger partial charge in [-0.3, -0.25) is 0 Å². The Morgan fingerprint density at radius 2 is 2.08 bits per heavy atom. The van der Waals surface area contributed by atoms with Crippen LogP contribution in [0.15, 0.2) is 6.33 Å². The highest BCUT2D eigenvalue weighted by Gasteiger charge is 2.01. The molecule has 1 heterocycles. The summed E-state index contributed by atoms with van der Waals surface area (Å²) in [6.07, 6.45) is 1.48. The number of nitrogens with one attached hydrogen (secondary N) is 1. The SMILES string of the molecule is CCN(CC)c1ncnc(=S)[nH]1. The van der Waals surface area contributed by atoms with E-state index in [2.05, 4.69) is 33.7 Å². The van der Waals surface area contributed by atoms with Gasteiger partial charge in [0.2, 0.25) is 10.7 Å². The zero-order valence-corrected chi connectivity index (χ0v) is 8.06. The van der Waals surface area contributed by atoms with Crippen molar-refractivity contribution >= 4 is 18.2 Å². The van der Waals surface area contributed by atoms with Crippen LogP contribution in [0.1, 0.15) is 13.8 Å². The average molecular weight is 184 g/mol. The topological polar surface area (TPSA) is 44.8 Å². The van der Waals surface area contributed by atoms with Gasteiger partial charge in [-0.25, -0.2) is 9.97 Å². The molecule has 0 bridgehead atoms. The summed E-state index contributed by atoms with van der Waals surface area (Å²) in [5.74, 6) is 0.792. The zero-order valence-electron chi connectivity index (χ0n) is 7.24. The van der Waals surface area contributed by atoms with Crippen molar-refractivity contribution in [3.8, 4) is 0 Å². The normalized spacial score (nSPS) is 9.83. The third-order valence-corrected chi connectivity index (χ3v) is 1.84. The maximum absolute atomic E-state index is 4.88. The van der Waals surface area contributed by atoms with Crippen LogP contribution < -0.4 is 4.90 Å². The van der Waals surface area contributed by atoms with E-state index in [9.17, 15) is 0 Å². The van der Waals surface area contributed by atoms with Gasteiger partial charge in [-0.05, 0) is 26.1 Å². The van der Waals surface area contributed by atoms with E-state index in [0.717, 1.165) is 19.0 Å². The molecular formula is C7H12N4S. The molecule has 0 radical (unpaired) electrons. The summed E-state index contributed by atoms with van der Waals surface area (Å²) in [7, 11) is 0. The number of H-pyrrole nitrogens is 1. The molecule has 0 saturated carbocycles. The molecule has 1 N–H and O–H groups in total. The van der Waals surface area contributed by atoms with Gasteiger partial charge in [0.1, 0.15) is 6.33 Å². The first-order valence-corrected chi connectivity index (χ1v) is 4.35.